The number of amides is 1. The van der Waals surface area contributed by atoms with Crippen molar-refractivity contribution in [2.24, 2.45) is 0 Å². The minimum atomic E-state index is -0.319. The summed E-state index contributed by atoms with van der Waals surface area (Å²) >= 11 is 1.50. The number of fused-ring (bicyclic) bond motifs is 1. The molecule has 0 atom stereocenters. The minimum absolute atomic E-state index is 0.135. The van der Waals surface area contributed by atoms with Crippen LogP contribution in [0.3, 0.4) is 0 Å². The van der Waals surface area contributed by atoms with Gasteiger partial charge in [-0.25, -0.2) is 4.98 Å². The molecule has 0 fully saturated rings. The number of H-pyrrole nitrogens is 2. The number of hydrogen-bond acceptors (Lipinski definition) is 6. The van der Waals surface area contributed by atoms with Crippen LogP contribution in [0.25, 0.3) is 10.2 Å². The van der Waals surface area contributed by atoms with E-state index in [2.05, 4.69) is 30.7 Å². The largest absolute Gasteiger partial charge is 0.350 e. The highest BCUT2D eigenvalue weighted by molar-refractivity contribution is 7.18. The fourth-order valence-corrected chi connectivity index (χ4v) is 3.16. The number of thiophene rings is 1. The zero-order valence-corrected chi connectivity index (χ0v) is 12.9. The Morgan fingerprint density at radius 1 is 1.41 bits per heavy atom. The Morgan fingerprint density at radius 2 is 2.23 bits per heavy atom. The SMILES string of the molecule is Cc1sc2nc(CCNC(=O)c3cn[nH]n3)[nH]c(=O)c2c1C. The first-order valence-electron chi connectivity index (χ1n) is 6.69. The smallest absolute Gasteiger partial charge is 0.273 e. The number of carbonyl (C=O) groups excluding carboxylic acids is 1. The van der Waals surface area contributed by atoms with Crippen LogP contribution in [-0.2, 0) is 6.42 Å². The number of nitrogens with zero attached hydrogens (tertiary/aromatic N) is 3. The first-order valence-corrected chi connectivity index (χ1v) is 7.51. The van der Waals surface area contributed by atoms with Crippen LogP contribution in [0, 0.1) is 13.8 Å². The zero-order valence-electron chi connectivity index (χ0n) is 12.1. The van der Waals surface area contributed by atoms with Gasteiger partial charge >= 0.3 is 0 Å². The van der Waals surface area contributed by atoms with Gasteiger partial charge in [0.2, 0.25) is 0 Å². The van der Waals surface area contributed by atoms with Crippen molar-refractivity contribution in [3.05, 3.63) is 38.5 Å². The van der Waals surface area contributed by atoms with Crippen LogP contribution in [0.15, 0.2) is 11.0 Å². The van der Waals surface area contributed by atoms with E-state index in [0.717, 1.165) is 15.3 Å². The highest BCUT2D eigenvalue weighted by Gasteiger charge is 2.12. The van der Waals surface area contributed by atoms with Crippen LogP contribution in [0.4, 0.5) is 0 Å². The third-order valence-electron chi connectivity index (χ3n) is 3.38. The maximum atomic E-state index is 12.1. The molecule has 0 unspecified atom stereocenters. The fourth-order valence-electron chi connectivity index (χ4n) is 2.11. The second-order valence-electron chi connectivity index (χ2n) is 4.84. The van der Waals surface area contributed by atoms with E-state index in [1.807, 2.05) is 13.8 Å². The quantitative estimate of drug-likeness (QED) is 0.654. The molecule has 1 amide bonds. The summed E-state index contributed by atoms with van der Waals surface area (Å²) in [6.45, 7) is 4.24. The van der Waals surface area contributed by atoms with Crippen LogP contribution >= 0.6 is 11.3 Å². The highest BCUT2D eigenvalue weighted by atomic mass is 32.1. The molecule has 0 saturated heterocycles. The molecule has 8 nitrogen and oxygen atoms in total. The lowest BCUT2D eigenvalue weighted by Gasteiger charge is -2.03. The lowest BCUT2D eigenvalue weighted by atomic mass is 10.2. The Hall–Kier alpha value is -2.55. The highest BCUT2D eigenvalue weighted by Crippen LogP contribution is 2.25. The Labute approximate surface area is 129 Å². The molecule has 0 saturated carbocycles. The second-order valence-corrected chi connectivity index (χ2v) is 6.04. The third kappa shape index (κ3) is 2.62. The lowest BCUT2D eigenvalue weighted by molar-refractivity contribution is 0.0949. The van der Waals surface area contributed by atoms with E-state index < -0.39 is 0 Å². The van der Waals surface area contributed by atoms with Crippen molar-refractivity contribution >= 4 is 27.5 Å². The molecule has 114 valence electrons. The summed E-state index contributed by atoms with van der Waals surface area (Å²) < 4.78 is 0. The zero-order chi connectivity index (χ0) is 15.7. The number of aromatic amines is 2. The van der Waals surface area contributed by atoms with Gasteiger partial charge < -0.3 is 10.3 Å². The summed E-state index contributed by atoms with van der Waals surface area (Å²) in [6, 6.07) is 0. The van der Waals surface area contributed by atoms with E-state index in [0.29, 0.717) is 24.2 Å². The number of rotatable bonds is 4. The Kier molecular flexibility index (Phi) is 3.72. The van der Waals surface area contributed by atoms with Crippen LogP contribution in [-0.4, -0.2) is 37.8 Å². The molecule has 0 spiro atoms. The molecule has 0 aliphatic heterocycles. The molecule has 3 rings (SSSR count). The van der Waals surface area contributed by atoms with Gasteiger partial charge in [-0.05, 0) is 19.4 Å². The number of aromatic nitrogens is 5. The van der Waals surface area contributed by atoms with Crippen molar-refractivity contribution in [1.29, 1.82) is 0 Å². The van der Waals surface area contributed by atoms with Crippen LogP contribution < -0.4 is 10.9 Å². The van der Waals surface area contributed by atoms with Gasteiger partial charge in [0.25, 0.3) is 11.5 Å². The number of aryl methyl sites for hydroxylation is 2. The molecule has 9 heteroatoms. The maximum Gasteiger partial charge on any atom is 0.273 e. The monoisotopic (exact) mass is 318 g/mol. The van der Waals surface area contributed by atoms with Gasteiger partial charge in [0, 0.05) is 17.8 Å². The van der Waals surface area contributed by atoms with E-state index in [4.69, 9.17) is 0 Å². The molecule has 3 N–H and O–H groups in total. The number of hydrogen-bond donors (Lipinski definition) is 3. The summed E-state index contributed by atoms with van der Waals surface area (Å²) in [5, 5.41) is 13.0. The van der Waals surface area contributed by atoms with Crippen LogP contribution in [0.1, 0.15) is 26.8 Å². The Balaban J connectivity index is 1.72. The predicted octanol–water partition coefficient (Wildman–Crippen LogP) is 0.692. The van der Waals surface area contributed by atoms with E-state index in [1.54, 1.807) is 0 Å². The van der Waals surface area contributed by atoms with E-state index >= 15 is 0 Å². The van der Waals surface area contributed by atoms with E-state index in [1.165, 1.54) is 17.5 Å². The van der Waals surface area contributed by atoms with Crippen molar-refractivity contribution in [3.63, 3.8) is 0 Å². The molecular weight excluding hydrogens is 304 g/mol. The molecule has 3 aromatic rings. The molecule has 3 aromatic heterocycles. The molecular formula is C13H14N6O2S. The molecule has 0 aliphatic rings. The van der Waals surface area contributed by atoms with Gasteiger partial charge in [0.1, 0.15) is 10.7 Å². The fraction of sp³-hybridized carbons (Fsp3) is 0.308. The number of carbonyl (C=O) groups is 1. The summed E-state index contributed by atoms with van der Waals surface area (Å²) in [5.74, 6) is 0.235. The minimum Gasteiger partial charge on any atom is -0.350 e. The van der Waals surface area contributed by atoms with Gasteiger partial charge in [-0.15, -0.1) is 11.3 Å². The Morgan fingerprint density at radius 3 is 2.95 bits per heavy atom. The predicted molar refractivity (Wildman–Crippen MR) is 82.1 cm³/mol. The Bertz CT molecular complexity index is 880. The molecule has 0 aromatic carbocycles. The van der Waals surface area contributed by atoms with Crippen molar-refractivity contribution in [2.45, 2.75) is 20.3 Å². The van der Waals surface area contributed by atoms with Gasteiger partial charge in [-0.3, -0.25) is 9.59 Å². The average Bonchev–Trinajstić information content (AvgIpc) is 3.08. The van der Waals surface area contributed by atoms with Gasteiger partial charge in [-0.1, -0.05) is 0 Å². The van der Waals surface area contributed by atoms with E-state index in [9.17, 15) is 9.59 Å². The average molecular weight is 318 g/mol. The summed E-state index contributed by atoms with van der Waals surface area (Å²) in [7, 11) is 0. The molecule has 0 radical (unpaired) electrons. The van der Waals surface area contributed by atoms with Crippen molar-refractivity contribution in [3.8, 4) is 0 Å². The van der Waals surface area contributed by atoms with Gasteiger partial charge in [-0.2, -0.15) is 15.4 Å². The first kappa shape index (κ1) is 14.4. The van der Waals surface area contributed by atoms with Crippen LogP contribution in [0.2, 0.25) is 0 Å². The summed E-state index contributed by atoms with van der Waals surface area (Å²) in [6.07, 6.45) is 1.78. The summed E-state index contributed by atoms with van der Waals surface area (Å²) in [5.41, 5.74) is 1.06. The normalized spacial score (nSPS) is 11.0. The molecule has 22 heavy (non-hydrogen) atoms. The first-order chi connectivity index (χ1) is 10.6. The standard InChI is InChI=1S/C13H14N6O2S/c1-6-7(2)22-13-10(6)12(21)16-9(17-13)3-4-14-11(20)8-5-15-19-18-8/h5H,3-4H2,1-2H3,(H,14,20)(H,15,18,19)(H,16,17,21). The van der Waals surface area contributed by atoms with Gasteiger partial charge in [0.15, 0.2) is 5.69 Å². The molecule has 0 aliphatic carbocycles. The molecule has 3 heterocycles. The lowest BCUT2D eigenvalue weighted by Crippen LogP contribution is -2.27. The molecule has 0 bridgehead atoms. The van der Waals surface area contributed by atoms with Crippen LogP contribution in [0.5, 0.6) is 0 Å². The number of nitrogens with one attached hydrogen (secondary N) is 3. The maximum absolute atomic E-state index is 12.1. The topological polar surface area (TPSA) is 116 Å². The van der Waals surface area contributed by atoms with Gasteiger partial charge in [0.05, 0.1) is 11.6 Å². The van der Waals surface area contributed by atoms with Crippen molar-refractivity contribution in [2.75, 3.05) is 6.54 Å². The van der Waals surface area contributed by atoms with Crippen molar-refractivity contribution < 1.29 is 4.79 Å². The summed E-state index contributed by atoms with van der Waals surface area (Å²) in [4.78, 5) is 32.9. The second kappa shape index (κ2) is 5.68. The van der Waals surface area contributed by atoms with E-state index in [-0.39, 0.29) is 17.2 Å². The van der Waals surface area contributed by atoms with Crippen molar-refractivity contribution in [1.82, 2.24) is 30.7 Å². The third-order valence-corrected chi connectivity index (χ3v) is 4.48.